The number of hydrogen-bond donors (Lipinski definition) is 3. The zero-order valence-corrected chi connectivity index (χ0v) is 6.05. The van der Waals surface area contributed by atoms with Crippen LogP contribution in [0.2, 0.25) is 0 Å². The highest BCUT2D eigenvalue weighted by molar-refractivity contribution is 5.74. The van der Waals surface area contributed by atoms with E-state index in [1.165, 1.54) is 0 Å². The van der Waals surface area contributed by atoms with E-state index in [2.05, 4.69) is 10.3 Å². The Labute approximate surface area is 59.4 Å². The number of allylic oxidation sites excluding steroid dienone is 1. The summed E-state index contributed by atoms with van der Waals surface area (Å²) in [5.74, 6) is 0. The van der Waals surface area contributed by atoms with Gasteiger partial charge in [0.1, 0.15) is 0 Å². The summed E-state index contributed by atoms with van der Waals surface area (Å²) in [7, 11) is 0. The molecule has 0 spiro atoms. The van der Waals surface area contributed by atoms with Gasteiger partial charge >= 0.3 is 0 Å². The molecule has 1 rings (SSSR count). The van der Waals surface area contributed by atoms with E-state index < -0.39 is 0 Å². The maximum atomic E-state index is 8.92. The molecule has 10 heavy (non-hydrogen) atoms. The molecule has 0 aromatic rings. The van der Waals surface area contributed by atoms with E-state index in [0.29, 0.717) is 11.4 Å². The van der Waals surface area contributed by atoms with Crippen molar-refractivity contribution in [1.82, 2.24) is 5.32 Å². The van der Waals surface area contributed by atoms with Crippen LogP contribution in [0, 0.1) is 0 Å². The molecule has 0 fully saturated rings. The number of rotatable bonds is 0. The highest BCUT2D eigenvalue weighted by Gasteiger charge is 2.14. The number of nitrogens with one attached hydrogen (secondary N) is 1. The first kappa shape index (κ1) is 6.92. The highest BCUT2D eigenvalue weighted by Crippen LogP contribution is 2.08. The molecular formula is C6H11N3O. The van der Waals surface area contributed by atoms with Crippen LogP contribution < -0.4 is 11.1 Å². The molecule has 56 valence electrons. The van der Waals surface area contributed by atoms with Gasteiger partial charge in [0.25, 0.3) is 6.02 Å². The topological polar surface area (TPSA) is 70.6 Å². The molecule has 0 amide bonds. The fraction of sp³-hybridized carbons (Fsp3) is 0.500. The van der Waals surface area contributed by atoms with Crippen molar-refractivity contribution in [2.45, 2.75) is 19.9 Å². The minimum Gasteiger partial charge on any atom is -0.481 e. The molecule has 0 aromatic heterocycles. The summed E-state index contributed by atoms with van der Waals surface area (Å²) >= 11 is 0. The minimum atomic E-state index is -0.0563. The van der Waals surface area contributed by atoms with E-state index in [4.69, 9.17) is 10.8 Å². The third kappa shape index (κ3) is 1.05. The van der Waals surface area contributed by atoms with Crippen molar-refractivity contribution in [2.24, 2.45) is 10.7 Å². The van der Waals surface area contributed by atoms with E-state index in [0.717, 1.165) is 0 Å². The van der Waals surface area contributed by atoms with Crippen LogP contribution in [0.1, 0.15) is 13.8 Å². The van der Waals surface area contributed by atoms with Gasteiger partial charge in [0, 0.05) is 0 Å². The lowest BCUT2D eigenvalue weighted by Gasteiger charge is -2.19. The molecule has 0 bridgehead atoms. The van der Waals surface area contributed by atoms with Gasteiger partial charge in [-0.1, -0.05) is 0 Å². The molecule has 4 nitrogen and oxygen atoms in total. The molecule has 1 atom stereocenters. The van der Waals surface area contributed by atoms with E-state index >= 15 is 0 Å². The van der Waals surface area contributed by atoms with Crippen molar-refractivity contribution < 1.29 is 5.11 Å². The molecule has 1 aliphatic rings. The second-order valence-electron chi connectivity index (χ2n) is 2.34. The van der Waals surface area contributed by atoms with Gasteiger partial charge in [-0.2, -0.15) is 0 Å². The fourth-order valence-corrected chi connectivity index (χ4v) is 0.840. The van der Waals surface area contributed by atoms with Crippen LogP contribution in [-0.4, -0.2) is 17.2 Å². The molecule has 4 N–H and O–H groups in total. The van der Waals surface area contributed by atoms with Crippen molar-refractivity contribution in [1.29, 1.82) is 0 Å². The number of aliphatic hydroxyl groups is 1. The minimum absolute atomic E-state index is 0.0162. The number of hydrogen-bond acceptors (Lipinski definition) is 3. The first-order valence-corrected chi connectivity index (χ1v) is 3.11. The summed E-state index contributed by atoms with van der Waals surface area (Å²) in [5, 5.41) is 11.6. The Morgan fingerprint density at radius 2 is 2.30 bits per heavy atom. The lowest BCUT2D eigenvalue weighted by atomic mass is 10.2. The predicted molar refractivity (Wildman–Crippen MR) is 39.5 cm³/mol. The number of aliphatic hydroxyl groups excluding tert-OH is 1. The zero-order chi connectivity index (χ0) is 7.72. The lowest BCUT2D eigenvalue weighted by Crippen LogP contribution is -2.39. The number of nitrogens with zero attached hydrogens (tertiary/aromatic N) is 1. The van der Waals surface area contributed by atoms with E-state index in [1.54, 1.807) is 6.92 Å². The molecule has 1 heterocycles. The van der Waals surface area contributed by atoms with Crippen LogP contribution >= 0.6 is 0 Å². The first-order valence-electron chi connectivity index (χ1n) is 3.11. The number of nitrogens with two attached hydrogens (primary N) is 1. The summed E-state index contributed by atoms with van der Waals surface area (Å²) in [6.45, 7) is 3.63. The van der Waals surface area contributed by atoms with Crippen LogP contribution in [0.15, 0.2) is 16.4 Å². The molecular weight excluding hydrogens is 130 g/mol. The SMILES string of the molecule is CC1=C(N)C(C)NC(O)=N1. The van der Waals surface area contributed by atoms with Gasteiger partial charge in [-0.15, -0.1) is 0 Å². The number of aliphatic imine (C=N–C) groups is 1. The quantitative estimate of drug-likeness (QED) is 0.447. The van der Waals surface area contributed by atoms with Crippen molar-refractivity contribution in [3.05, 3.63) is 11.4 Å². The van der Waals surface area contributed by atoms with Gasteiger partial charge in [0.05, 0.1) is 17.4 Å². The van der Waals surface area contributed by atoms with Crippen LogP contribution in [-0.2, 0) is 0 Å². The van der Waals surface area contributed by atoms with Crippen LogP contribution in [0.5, 0.6) is 0 Å². The van der Waals surface area contributed by atoms with E-state index in [-0.39, 0.29) is 12.1 Å². The Bertz CT molecular complexity index is 207. The smallest absolute Gasteiger partial charge is 0.287 e. The van der Waals surface area contributed by atoms with Crippen molar-refractivity contribution >= 4 is 6.02 Å². The van der Waals surface area contributed by atoms with Gasteiger partial charge in [-0.25, -0.2) is 4.99 Å². The van der Waals surface area contributed by atoms with Gasteiger partial charge < -0.3 is 16.2 Å². The lowest BCUT2D eigenvalue weighted by molar-refractivity contribution is 0.490. The normalized spacial score (nSPS) is 25.8. The Morgan fingerprint density at radius 3 is 2.80 bits per heavy atom. The molecule has 0 radical (unpaired) electrons. The van der Waals surface area contributed by atoms with Crippen molar-refractivity contribution in [2.75, 3.05) is 0 Å². The molecule has 1 unspecified atom stereocenters. The summed E-state index contributed by atoms with van der Waals surface area (Å²) in [6.07, 6.45) is 0. The van der Waals surface area contributed by atoms with Crippen LogP contribution in [0.25, 0.3) is 0 Å². The zero-order valence-electron chi connectivity index (χ0n) is 6.05. The van der Waals surface area contributed by atoms with Gasteiger partial charge in [0.2, 0.25) is 0 Å². The van der Waals surface area contributed by atoms with E-state index in [1.807, 2.05) is 6.92 Å². The number of amidine groups is 1. The van der Waals surface area contributed by atoms with E-state index in [9.17, 15) is 0 Å². The Balaban J connectivity index is 2.92. The van der Waals surface area contributed by atoms with Gasteiger partial charge in [-0.3, -0.25) is 0 Å². The Kier molecular flexibility index (Phi) is 1.53. The highest BCUT2D eigenvalue weighted by atomic mass is 16.3. The molecule has 0 aromatic carbocycles. The molecule has 0 saturated carbocycles. The summed E-state index contributed by atoms with van der Waals surface area (Å²) < 4.78 is 0. The monoisotopic (exact) mass is 141 g/mol. The largest absolute Gasteiger partial charge is 0.481 e. The van der Waals surface area contributed by atoms with Crippen molar-refractivity contribution in [3.8, 4) is 0 Å². The third-order valence-electron chi connectivity index (χ3n) is 1.50. The second-order valence-corrected chi connectivity index (χ2v) is 2.34. The summed E-state index contributed by atoms with van der Waals surface area (Å²) in [5.41, 5.74) is 6.95. The summed E-state index contributed by atoms with van der Waals surface area (Å²) in [4.78, 5) is 3.73. The molecule has 0 saturated heterocycles. The third-order valence-corrected chi connectivity index (χ3v) is 1.50. The second kappa shape index (κ2) is 2.21. The average molecular weight is 141 g/mol. The fourth-order valence-electron chi connectivity index (χ4n) is 0.840. The molecule has 0 aliphatic carbocycles. The standard InChI is InChI=1S/C6H11N3O/c1-3-5(7)4(2)9-6(10)8-3/h3H,7H2,1-2H3,(H2,8,9,10). The van der Waals surface area contributed by atoms with Crippen LogP contribution in [0.3, 0.4) is 0 Å². The molecule has 4 heteroatoms. The van der Waals surface area contributed by atoms with Crippen LogP contribution in [0.4, 0.5) is 0 Å². The van der Waals surface area contributed by atoms with Gasteiger partial charge in [-0.05, 0) is 13.8 Å². The Morgan fingerprint density at radius 1 is 1.70 bits per heavy atom. The molecule has 1 aliphatic heterocycles. The maximum Gasteiger partial charge on any atom is 0.287 e. The van der Waals surface area contributed by atoms with Gasteiger partial charge in [0.15, 0.2) is 0 Å². The van der Waals surface area contributed by atoms with Crippen molar-refractivity contribution in [3.63, 3.8) is 0 Å². The summed E-state index contributed by atoms with van der Waals surface area (Å²) in [6, 6.07) is -0.0725. The predicted octanol–water partition coefficient (Wildman–Crippen LogP) is 0.0823. The maximum absolute atomic E-state index is 8.92. The Hall–Kier alpha value is -1.19. The average Bonchev–Trinajstić information content (AvgIpc) is 1.82. The first-order chi connectivity index (χ1) is 4.61.